The summed E-state index contributed by atoms with van der Waals surface area (Å²) < 4.78 is 18.4. The third-order valence-corrected chi connectivity index (χ3v) is 3.00. The van der Waals surface area contributed by atoms with Crippen molar-refractivity contribution in [2.75, 3.05) is 13.2 Å². The summed E-state index contributed by atoms with van der Waals surface area (Å²) >= 11 is 0. The molecule has 1 aromatic carbocycles. The van der Waals surface area contributed by atoms with Crippen molar-refractivity contribution in [2.45, 2.75) is 25.3 Å². The zero-order valence-corrected chi connectivity index (χ0v) is 8.92. The molecule has 0 amide bonds. The van der Waals surface area contributed by atoms with E-state index in [0.717, 1.165) is 30.6 Å². The molecule has 0 spiro atoms. The van der Waals surface area contributed by atoms with Crippen LogP contribution in [0.4, 0.5) is 4.39 Å². The second-order valence-electron chi connectivity index (χ2n) is 4.27. The summed E-state index contributed by atoms with van der Waals surface area (Å²) in [4.78, 5) is 0. The largest absolute Gasteiger partial charge is 0.379 e. The molecule has 1 heterocycles. The van der Waals surface area contributed by atoms with Gasteiger partial charge in [0.25, 0.3) is 0 Å². The molecule has 2 nitrogen and oxygen atoms in total. The second kappa shape index (κ2) is 3.91. The number of benzene rings is 1. The van der Waals surface area contributed by atoms with E-state index in [1.54, 1.807) is 6.07 Å². The molecule has 82 valence electrons. The number of nitrogens with two attached hydrogens (primary N) is 1. The van der Waals surface area contributed by atoms with Crippen LogP contribution in [0.5, 0.6) is 0 Å². The zero-order chi connectivity index (χ0) is 10.9. The van der Waals surface area contributed by atoms with Gasteiger partial charge in [-0.05, 0) is 43.0 Å². The standard InChI is InChI=1S/C12H16FNO/c1-9-7-10(13)3-4-11(9)12(14)5-2-6-15-8-12/h3-4,7H,2,5-6,8,14H2,1H3. The van der Waals surface area contributed by atoms with Gasteiger partial charge in [0.2, 0.25) is 0 Å². The zero-order valence-electron chi connectivity index (χ0n) is 8.92. The molecular formula is C12H16FNO. The average molecular weight is 209 g/mol. The van der Waals surface area contributed by atoms with Crippen LogP contribution in [0.3, 0.4) is 0 Å². The van der Waals surface area contributed by atoms with Crippen LogP contribution < -0.4 is 5.73 Å². The maximum absolute atomic E-state index is 13.0. The van der Waals surface area contributed by atoms with Crippen LogP contribution in [0.1, 0.15) is 24.0 Å². The number of ether oxygens (including phenoxy) is 1. The summed E-state index contributed by atoms with van der Waals surface area (Å²) in [5.74, 6) is -0.212. The first-order valence-electron chi connectivity index (χ1n) is 5.25. The Morgan fingerprint density at radius 3 is 2.87 bits per heavy atom. The van der Waals surface area contributed by atoms with Crippen molar-refractivity contribution in [2.24, 2.45) is 5.73 Å². The van der Waals surface area contributed by atoms with Crippen LogP contribution in [-0.4, -0.2) is 13.2 Å². The molecule has 1 atom stereocenters. The Balaban J connectivity index is 2.35. The summed E-state index contributed by atoms with van der Waals surface area (Å²) in [6.07, 6.45) is 1.87. The van der Waals surface area contributed by atoms with Gasteiger partial charge in [-0.2, -0.15) is 0 Å². The number of rotatable bonds is 1. The van der Waals surface area contributed by atoms with Gasteiger partial charge in [-0.25, -0.2) is 4.39 Å². The predicted octanol–water partition coefficient (Wildman–Crippen LogP) is 2.10. The molecule has 1 aliphatic heterocycles. The molecule has 1 unspecified atom stereocenters. The molecule has 0 saturated carbocycles. The highest BCUT2D eigenvalue weighted by molar-refractivity contribution is 5.33. The first-order chi connectivity index (χ1) is 7.12. The van der Waals surface area contributed by atoms with E-state index in [-0.39, 0.29) is 5.82 Å². The van der Waals surface area contributed by atoms with Crippen LogP contribution in [0, 0.1) is 12.7 Å². The number of hydrogen-bond donors (Lipinski definition) is 1. The van der Waals surface area contributed by atoms with Crippen molar-refractivity contribution in [3.8, 4) is 0 Å². The molecule has 1 aromatic rings. The van der Waals surface area contributed by atoms with E-state index in [1.165, 1.54) is 12.1 Å². The smallest absolute Gasteiger partial charge is 0.123 e. The van der Waals surface area contributed by atoms with Crippen molar-refractivity contribution < 1.29 is 9.13 Å². The van der Waals surface area contributed by atoms with Gasteiger partial charge in [-0.1, -0.05) is 6.07 Å². The van der Waals surface area contributed by atoms with Crippen molar-refractivity contribution in [1.29, 1.82) is 0 Å². The first-order valence-corrected chi connectivity index (χ1v) is 5.25. The first kappa shape index (κ1) is 10.6. The molecule has 2 rings (SSSR count). The summed E-state index contributed by atoms with van der Waals surface area (Å²) in [5, 5.41) is 0. The number of hydrogen-bond acceptors (Lipinski definition) is 2. The maximum atomic E-state index is 13.0. The number of aryl methyl sites for hydroxylation is 1. The highest BCUT2D eigenvalue weighted by atomic mass is 19.1. The summed E-state index contributed by atoms with van der Waals surface area (Å²) in [6.45, 7) is 3.19. The Labute approximate surface area is 89.2 Å². The monoisotopic (exact) mass is 209 g/mol. The van der Waals surface area contributed by atoms with E-state index in [2.05, 4.69) is 0 Å². The van der Waals surface area contributed by atoms with Crippen LogP contribution in [0.25, 0.3) is 0 Å². The minimum absolute atomic E-state index is 0.212. The minimum atomic E-state index is -0.434. The third kappa shape index (κ3) is 2.03. The Hall–Kier alpha value is -0.930. The molecule has 1 saturated heterocycles. The molecule has 0 aliphatic carbocycles. The van der Waals surface area contributed by atoms with E-state index in [1.807, 2.05) is 6.92 Å². The predicted molar refractivity (Wildman–Crippen MR) is 57.1 cm³/mol. The number of halogens is 1. The Morgan fingerprint density at radius 1 is 1.47 bits per heavy atom. The molecule has 2 N–H and O–H groups in total. The van der Waals surface area contributed by atoms with E-state index in [4.69, 9.17) is 10.5 Å². The molecule has 1 aliphatic rings. The van der Waals surface area contributed by atoms with Gasteiger partial charge in [-0.15, -0.1) is 0 Å². The van der Waals surface area contributed by atoms with Gasteiger partial charge in [0.05, 0.1) is 12.1 Å². The van der Waals surface area contributed by atoms with Crippen LogP contribution in [-0.2, 0) is 10.3 Å². The van der Waals surface area contributed by atoms with Crippen molar-refractivity contribution in [3.63, 3.8) is 0 Å². The quantitative estimate of drug-likeness (QED) is 0.768. The fourth-order valence-corrected chi connectivity index (χ4v) is 2.21. The molecule has 1 fully saturated rings. The van der Waals surface area contributed by atoms with E-state index < -0.39 is 5.54 Å². The SMILES string of the molecule is Cc1cc(F)ccc1C1(N)CCCOC1. The lowest BCUT2D eigenvalue weighted by atomic mass is 9.83. The lowest BCUT2D eigenvalue weighted by Crippen LogP contribution is -2.45. The fourth-order valence-electron chi connectivity index (χ4n) is 2.21. The van der Waals surface area contributed by atoms with E-state index in [0.29, 0.717) is 6.61 Å². The van der Waals surface area contributed by atoms with Gasteiger partial charge >= 0.3 is 0 Å². The van der Waals surface area contributed by atoms with E-state index in [9.17, 15) is 4.39 Å². The van der Waals surface area contributed by atoms with Gasteiger partial charge in [0.15, 0.2) is 0 Å². The van der Waals surface area contributed by atoms with Crippen molar-refractivity contribution >= 4 is 0 Å². The molecule has 0 radical (unpaired) electrons. The Kier molecular flexibility index (Phi) is 2.76. The lowest BCUT2D eigenvalue weighted by Gasteiger charge is -2.34. The summed E-state index contributed by atoms with van der Waals surface area (Å²) in [5.41, 5.74) is 7.76. The summed E-state index contributed by atoms with van der Waals surface area (Å²) in [7, 11) is 0. The molecular weight excluding hydrogens is 193 g/mol. The molecule has 0 aromatic heterocycles. The molecule has 0 bridgehead atoms. The molecule has 15 heavy (non-hydrogen) atoms. The summed E-state index contributed by atoms with van der Waals surface area (Å²) in [6, 6.07) is 4.77. The van der Waals surface area contributed by atoms with Gasteiger partial charge in [-0.3, -0.25) is 0 Å². The second-order valence-corrected chi connectivity index (χ2v) is 4.27. The highest BCUT2D eigenvalue weighted by Gasteiger charge is 2.31. The van der Waals surface area contributed by atoms with E-state index >= 15 is 0 Å². The maximum Gasteiger partial charge on any atom is 0.123 e. The lowest BCUT2D eigenvalue weighted by molar-refractivity contribution is 0.0364. The van der Waals surface area contributed by atoms with Crippen LogP contribution in [0.2, 0.25) is 0 Å². The normalized spacial score (nSPS) is 26.6. The van der Waals surface area contributed by atoms with Gasteiger partial charge in [0, 0.05) is 6.61 Å². The Bertz CT molecular complexity index is 359. The third-order valence-electron chi connectivity index (χ3n) is 3.00. The van der Waals surface area contributed by atoms with Crippen LogP contribution >= 0.6 is 0 Å². The van der Waals surface area contributed by atoms with Crippen LogP contribution in [0.15, 0.2) is 18.2 Å². The average Bonchev–Trinajstić information content (AvgIpc) is 2.18. The molecule has 3 heteroatoms. The minimum Gasteiger partial charge on any atom is -0.379 e. The van der Waals surface area contributed by atoms with Crippen molar-refractivity contribution in [1.82, 2.24) is 0 Å². The van der Waals surface area contributed by atoms with Gasteiger partial charge in [0.1, 0.15) is 5.82 Å². The Morgan fingerprint density at radius 2 is 2.27 bits per heavy atom. The fraction of sp³-hybridized carbons (Fsp3) is 0.500. The highest BCUT2D eigenvalue weighted by Crippen LogP contribution is 2.30. The van der Waals surface area contributed by atoms with Gasteiger partial charge < -0.3 is 10.5 Å². The topological polar surface area (TPSA) is 35.2 Å². The van der Waals surface area contributed by atoms with Crippen molar-refractivity contribution in [3.05, 3.63) is 35.1 Å².